The second kappa shape index (κ2) is 7.20. The Hall–Kier alpha value is -3.60. The average Bonchev–Trinajstić information content (AvgIpc) is 3.16. The molecule has 3 aromatic rings. The smallest absolute Gasteiger partial charge is 0.409 e. The van der Waals surface area contributed by atoms with Crippen LogP contribution in [0.1, 0.15) is 35.4 Å². The molecule has 3 fully saturated rings. The molecule has 2 aliphatic heterocycles. The van der Waals surface area contributed by atoms with Gasteiger partial charge in [-0.3, -0.25) is 4.79 Å². The Morgan fingerprint density at radius 1 is 0.848 bits per heavy atom. The summed E-state index contributed by atoms with van der Waals surface area (Å²) in [5, 5.41) is 9.94. The summed E-state index contributed by atoms with van der Waals surface area (Å²) in [6.45, 7) is 0.929. The van der Waals surface area contributed by atoms with Crippen molar-refractivity contribution in [3.63, 3.8) is 0 Å². The van der Waals surface area contributed by atoms with E-state index in [1.54, 1.807) is 4.90 Å². The minimum atomic E-state index is -0.889. The molecule has 2 saturated heterocycles. The molecular formula is C28H25NO4. The highest BCUT2D eigenvalue weighted by molar-refractivity contribution is 5.81. The van der Waals surface area contributed by atoms with Gasteiger partial charge < -0.3 is 14.7 Å². The Labute approximate surface area is 192 Å². The normalized spacial score (nSPS) is 25.0. The molecule has 5 heteroatoms. The topological polar surface area (TPSA) is 66.8 Å². The monoisotopic (exact) mass is 439 g/mol. The molecule has 1 saturated carbocycles. The quantitative estimate of drug-likeness (QED) is 0.618. The van der Waals surface area contributed by atoms with Crippen LogP contribution in [0.15, 0.2) is 78.9 Å². The number of aliphatic carboxylic acids is 1. The molecule has 0 atom stereocenters. The number of carbonyl (C=O) groups is 2. The molecule has 3 aromatic carbocycles. The van der Waals surface area contributed by atoms with Gasteiger partial charge in [-0.25, -0.2) is 4.79 Å². The zero-order valence-electron chi connectivity index (χ0n) is 18.2. The van der Waals surface area contributed by atoms with E-state index < -0.39 is 17.5 Å². The fourth-order valence-corrected chi connectivity index (χ4v) is 6.37. The standard InChI is InChI=1S/C28H25NO4/c30-25(31)28-15-27(16-28,19-8-2-1-3-9-19)17-29(18-28)26(32)33-14-24-22-12-6-4-10-20(22)21-11-5-7-13-23(21)24/h1-13,24H,14-18H2,(H,30,31). The van der Waals surface area contributed by atoms with Gasteiger partial charge in [-0.05, 0) is 40.7 Å². The summed E-state index contributed by atoms with van der Waals surface area (Å²) in [5.41, 5.74) is 4.58. The maximum absolute atomic E-state index is 13.2. The van der Waals surface area contributed by atoms with Crippen molar-refractivity contribution in [1.29, 1.82) is 0 Å². The first-order chi connectivity index (χ1) is 16.0. The molecule has 4 aliphatic rings. The van der Waals surface area contributed by atoms with E-state index in [0.717, 1.165) is 16.7 Å². The highest BCUT2D eigenvalue weighted by Gasteiger charge is 2.65. The lowest BCUT2D eigenvalue weighted by Crippen LogP contribution is -2.68. The Kier molecular flexibility index (Phi) is 4.37. The van der Waals surface area contributed by atoms with E-state index in [4.69, 9.17) is 4.74 Å². The van der Waals surface area contributed by atoms with Crippen molar-refractivity contribution in [3.8, 4) is 11.1 Å². The SMILES string of the molecule is O=C(OCC1c2ccccc2-c2ccccc21)N1CC2(C(=O)O)CC(c3ccccc3)(C1)C2. The van der Waals surface area contributed by atoms with Crippen LogP contribution in [0.2, 0.25) is 0 Å². The van der Waals surface area contributed by atoms with Crippen molar-refractivity contribution in [3.05, 3.63) is 95.6 Å². The van der Waals surface area contributed by atoms with Crippen LogP contribution in [0.4, 0.5) is 4.79 Å². The van der Waals surface area contributed by atoms with E-state index >= 15 is 0 Å². The number of carboxylic acid groups (broad SMARTS) is 1. The van der Waals surface area contributed by atoms with Crippen LogP contribution in [-0.4, -0.2) is 41.8 Å². The lowest BCUT2D eigenvalue weighted by molar-refractivity contribution is -0.171. The molecule has 33 heavy (non-hydrogen) atoms. The molecule has 0 radical (unpaired) electrons. The van der Waals surface area contributed by atoms with Gasteiger partial charge in [0.1, 0.15) is 6.61 Å². The Bertz CT molecular complexity index is 1200. The summed E-state index contributed by atoms with van der Waals surface area (Å²) in [5.74, 6) is -0.845. The van der Waals surface area contributed by atoms with Crippen LogP contribution in [-0.2, 0) is 14.9 Å². The second-order valence-corrected chi connectivity index (χ2v) is 9.75. The number of carboxylic acids is 1. The van der Waals surface area contributed by atoms with Crippen LogP contribution >= 0.6 is 0 Å². The number of nitrogens with zero attached hydrogens (tertiary/aromatic N) is 1. The van der Waals surface area contributed by atoms with Crippen LogP contribution in [0, 0.1) is 5.41 Å². The van der Waals surface area contributed by atoms with Gasteiger partial charge in [-0.2, -0.15) is 0 Å². The first kappa shape index (κ1) is 20.0. The molecule has 0 spiro atoms. The highest BCUT2D eigenvalue weighted by Crippen LogP contribution is 2.60. The van der Waals surface area contributed by atoms with E-state index in [9.17, 15) is 14.7 Å². The van der Waals surface area contributed by atoms with Gasteiger partial charge in [-0.15, -0.1) is 0 Å². The van der Waals surface area contributed by atoms with E-state index in [-0.39, 0.29) is 24.5 Å². The zero-order valence-corrected chi connectivity index (χ0v) is 18.2. The number of fused-ring (bicyclic) bond motifs is 5. The van der Waals surface area contributed by atoms with Crippen molar-refractivity contribution >= 4 is 12.1 Å². The van der Waals surface area contributed by atoms with E-state index in [1.165, 1.54) is 11.1 Å². The third-order valence-corrected chi connectivity index (χ3v) is 7.77. The van der Waals surface area contributed by atoms with Gasteiger partial charge in [0.2, 0.25) is 0 Å². The first-order valence-electron chi connectivity index (χ1n) is 11.4. The summed E-state index contributed by atoms with van der Waals surface area (Å²) in [4.78, 5) is 26.9. The van der Waals surface area contributed by atoms with Gasteiger partial charge >= 0.3 is 12.1 Å². The maximum Gasteiger partial charge on any atom is 0.409 e. The summed E-state index contributed by atoms with van der Waals surface area (Å²) >= 11 is 0. The minimum Gasteiger partial charge on any atom is -0.481 e. The number of benzene rings is 3. The molecule has 166 valence electrons. The summed E-state index contributed by atoms with van der Waals surface area (Å²) in [7, 11) is 0. The van der Waals surface area contributed by atoms with Crippen molar-refractivity contribution in [2.24, 2.45) is 5.41 Å². The molecule has 0 aromatic heterocycles. The van der Waals surface area contributed by atoms with E-state index in [1.807, 2.05) is 54.6 Å². The number of ether oxygens (including phenoxy) is 1. The Balaban J connectivity index is 1.23. The predicted molar refractivity (Wildman–Crippen MR) is 124 cm³/mol. The fraction of sp³-hybridized carbons (Fsp3) is 0.286. The van der Waals surface area contributed by atoms with E-state index in [0.29, 0.717) is 19.4 Å². The van der Waals surface area contributed by atoms with Gasteiger partial charge in [-0.1, -0.05) is 78.9 Å². The van der Waals surface area contributed by atoms with Crippen molar-refractivity contribution < 1.29 is 19.4 Å². The summed E-state index contributed by atoms with van der Waals surface area (Å²) in [6, 6.07) is 26.4. The second-order valence-electron chi connectivity index (χ2n) is 9.75. The number of carbonyl (C=O) groups excluding carboxylic acids is 1. The first-order valence-corrected chi connectivity index (χ1v) is 11.4. The number of rotatable bonds is 4. The summed E-state index contributed by atoms with van der Waals surface area (Å²) < 4.78 is 5.85. The molecule has 0 unspecified atom stereocenters. The lowest BCUT2D eigenvalue weighted by Gasteiger charge is -2.61. The fourth-order valence-electron chi connectivity index (χ4n) is 6.37. The van der Waals surface area contributed by atoms with Crippen molar-refractivity contribution in [2.45, 2.75) is 24.2 Å². The lowest BCUT2D eigenvalue weighted by atomic mass is 9.47. The zero-order chi connectivity index (χ0) is 22.6. The number of hydrogen-bond acceptors (Lipinski definition) is 3. The Morgan fingerprint density at radius 3 is 2.03 bits per heavy atom. The van der Waals surface area contributed by atoms with Gasteiger partial charge in [0.15, 0.2) is 0 Å². The van der Waals surface area contributed by atoms with Crippen LogP contribution < -0.4 is 0 Å². The van der Waals surface area contributed by atoms with Crippen LogP contribution in [0.5, 0.6) is 0 Å². The molecule has 1 amide bonds. The maximum atomic E-state index is 13.2. The molecular weight excluding hydrogens is 414 g/mol. The molecule has 5 nitrogen and oxygen atoms in total. The van der Waals surface area contributed by atoms with Gasteiger partial charge in [0, 0.05) is 24.4 Å². The average molecular weight is 440 g/mol. The molecule has 2 bridgehead atoms. The highest BCUT2D eigenvalue weighted by atomic mass is 16.6. The van der Waals surface area contributed by atoms with E-state index in [2.05, 4.69) is 24.3 Å². The molecule has 7 rings (SSSR count). The third-order valence-electron chi connectivity index (χ3n) is 7.77. The molecule has 2 aliphatic carbocycles. The largest absolute Gasteiger partial charge is 0.481 e. The third kappa shape index (κ3) is 2.99. The van der Waals surface area contributed by atoms with Crippen LogP contribution in [0.3, 0.4) is 0 Å². The minimum absolute atomic E-state index is 0.0165. The van der Waals surface area contributed by atoms with Gasteiger partial charge in [0.25, 0.3) is 0 Å². The number of hydrogen-bond donors (Lipinski definition) is 1. The van der Waals surface area contributed by atoms with Gasteiger partial charge in [0.05, 0.1) is 5.41 Å². The van der Waals surface area contributed by atoms with Crippen LogP contribution in [0.25, 0.3) is 11.1 Å². The molecule has 1 N–H and O–H groups in total. The number of amides is 1. The molecule has 2 heterocycles. The van der Waals surface area contributed by atoms with Crippen molar-refractivity contribution in [2.75, 3.05) is 19.7 Å². The summed E-state index contributed by atoms with van der Waals surface area (Å²) in [6.07, 6.45) is 0.695. The Morgan fingerprint density at radius 2 is 1.42 bits per heavy atom. The number of piperidine rings is 2. The predicted octanol–water partition coefficient (Wildman–Crippen LogP) is 5.05. The van der Waals surface area contributed by atoms with Crippen molar-refractivity contribution in [1.82, 2.24) is 4.90 Å².